The maximum atomic E-state index is 10.5. The van der Waals surface area contributed by atoms with Crippen molar-refractivity contribution in [1.29, 1.82) is 0 Å². The van der Waals surface area contributed by atoms with Crippen molar-refractivity contribution in [2.75, 3.05) is 0 Å². The Morgan fingerprint density at radius 1 is 1.75 bits per heavy atom. The smallest absolute Gasteiger partial charge is 0.191 e. The van der Waals surface area contributed by atoms with Crippen LogP contribution in [0, 0.1) is 0 Å². The number of ketones is 1. The maximum absolute atomic E-state index is 10.5. The quantitative estimate of drug-likeness (QED) is 0.428. The average Bonchev–Trinajstić information content (AvgIpc) is 1.77. The summed E-state index contributed by atoms with van der Waals surface area (Å²) in [6.45, 7) is 1.63. The van der Waals surface area contributed by atoms with Gasteiger partial charge in [-0.2, -0.15) is 4.89 Å². The van der Waals surface area contributed by atoms with Crippen molar-refractivity contribution in [3.05, 3.63) is 12.3 Å². The third-order valence-electron chi connectivity index (χ3n) is 0.888. The van der Waals surface area contributed by atoms with E-state index in [4.69, 9.17) is 0 Å². The van der Waals surface area contributed by atoms with E-state index in [0.29, 0.717) is 0 Å². The molecule has 0 bridgehead atoms. The van der Waals surface area contributed by atoms with Crippen LogP contribution in [0.1, 0.15) is 6.92 Å². The monoisotopic (exact) mass is 114 g/mol. The fourth-order valence-electron chi connectivity index (χ4n) is 0.393. The number of hydrogen-bond donors (Lipinski definition) is 0. The molecule has 0 aromatic carbocycles. The van der Waals surface area contributed by atoms with E-state index in [0.717, 1.165) is 0 Å². The Morgan fingerprint density at radius 2 is 2.50 bits per heavy atom. The second kappa shape index (κ2) is 1.96. The Balaban J connectivity index is 2.60. The third-order valence-corrected chi connectivity index (χ3v) is 0.888. The Morgan fingerprint density at radius 3 is 2.88 bits per heavy atom. The number of hydrogen-bond acceptors (Lipinski definition) is 3. The summed E-state index contributed by atoms with van der Waals surface area (Å²) in [5.41, 5.74) is 0. The van der Waals surface area contributed by atoms with E-state index in [1.54, 1.807) is 6.92 Å². The van der Waals surface area contributed by atoms with Crippen molar-refractivity contribution in [1.82, 2.24) is 0 Å². The van der Waals surface area contributed by atoms with Crippen LogP contribution in [-0.4, -0.2) is 11.9 Å². The molecular weight excluding hydrogens is 108 g/mol. The molecule has 0 spiro atoms. The second-order valence-electron chi connectivity index (χ2n) is 1.54. The lowest BCUT2D eigenvalue weighted by molar-refractivity contribution is -0.276. The van der Waals surface area contributed by atoms with E-state index in [1.165, 1.54) is 12.3 Å². The highest BCUT2D eigenvalue weighted by atomic mass is 17.2. The van der Waals surface area contributed by atoms with Gasteiger partial charge in [-0.3, -0.25) is 4.79 Å². The molecule has 0 aromatic heterocycles. The molecule has 44 valence electrons. The molecule has 0 N–H and O–H groups in total. The van der Waals surface area contributed by atoms with Gasteiger partial charge < -0.3 is 4.89 Å². The highest BCUT2D eigenvalue weighted by Crippen LogP contribution is 2.00. The van der Waals surface area contributed by atoms with E-state index in [2.05, 4.69) is 9.78 Å². The number of rotatable bonds is 0. The molecule has 0 aromatic rings. The number of carbonyl (C=O) groups excluding carboxylic acids is 1. The first-order chi connectivity index (χ1) is 3.80. The highest BCUT2D eigenvalue weighted by Gasteiger charge is 2.14. The largest absolute Gasteiger partial charge is 0.345 e. The van der Waals surface area contributed by atoms with E-state index in [-0.39, 0.29) is 5.78 Å². The lowest BCUT2D eigenvalue weighted by atomic mass is 10.2. The summed E-state index contributed by atoms with van der Waals surface area (Å²) in [6, 6.07) is 0. The van der Waals surface area contributed by atoms with Gasteiger partial charge in [-0.1, -0.05) is 0 Å². The van der Waals surface area contributed by atoms with Gasteiger partial charge in [0, 0.05) is 6.08 Å². The Hall–Kier alpha value is -0.830. The molecule has 1 atom stereocenters. The van der Waals surface area contributed by atoms with Gasteiger partial charge in [0.2, 0.25) is 0 Å². The van der Waals surface area contributed by atoms with Gasteiger partial charge >= 0.3 is 0 Å². The Bertz CT molecular complexity index is 128. The molecule has 8 heavy (non-hydrogen) atoms. The summed E-state index contributed by atoms with van der Waals surface area (Å²) >= 11 is 0. The van der Waals surface area contributed by atoms with Gasteiger partial charge in [-0.15, -0.1) is 0 Å². The summed E-state index contributed by atoms with van der Waals surface area (Å²) in [5, 5.41) is 0. The summed E-state index contributed by atoms with van der Waals surface area (Å²) in [5.74, 6) is -0.0590. The standard InChI is InChI=1S/C5H6O3/c1-4-5(6)2-3-7-8-4/h2-4H,1H3. The van der Waals surface area contributed by atoms with Crippen molar-refractivity contribution in [3.63, 3.8) is 0 Å². The molecule has 0 amide bonds. The van der Waals surface area contributed by atoms with Crippen molar-refractivity contribution in [3.8, 4) is 0 Å². The maximum Gasteiger partial charge on any atom is 0.191 e. The fourth-order valence-corrected chi connectivity index (χ4v) is 0.393. The normalized spacial score (nSPS) is 27.6. The van der Waals surface area contributed by atoms with Crippen molar-refractivity contribution >= 4 is 5.78 Å². The zero-order chi connectivity index (χ0) is 5.98. The number of carbonyl (C=O) groups is 1. The third kappa shape index (κ3) is 0.869. The van der Waals surface area contributed by atoms with Gasteiger partial charge in [-0.25, -0.2) is 0 Å². The van der Waals surface area contributed by atoms with Crippen LogP contribution in [0.2, 0.25) is 0 Å². The molecule has 1 rings (SSSR count). The van der Waals surface area contributed by atoms with Crippen LogP contribution in [0.25, 0.3) is 0 Å². The predicted octanol–water partition coefficient (Wildman–Crippen LogP) is 0.419. The SMILES string of the molecule is CC1OOC=CC1=O. The Labute approximate surface area is 46.8 Å². The molecule has 0 radical (unpaired) electrons. The molecule has 0 saturated carbocycles. The summed E-state index contributed by atoms with van der Waals surface area (Å²) < 4.78 is 0. The molecule has 0 fully saturated rings. The lowest BCUT2D eigenvalue weighted by Gasteiger charge is -2.09. The molecule has 1 heterocycles. The van der Waals surface area contributed by atoms with E-state index >= 15 is 0 Å². The first-order valence-electron chi connectivity index (χ1n) is 2.33. The van der Waals surface area contributed by atoms with Gasteiger partial charge in [-0.05, 0) is 6.92 Å². The molecule has 1 aliphatic rings. The van der Waals surface area contributed by atoms with Crippen LogP contribution >= 0.6 is 0 Å². The molecule has 1 aliphatic heterocycles. The first kappa shape index (κ1) is 5.31. The zero-order valence-corrected chi connectivity index (χ0v) is 4.46. The second-order valence-corrected chi connectivity index (χ2v) is 1.54. The van der Waals surface area contributed by atoms with Crippen LogP contribution in [0.15, 0.2) is 12.3 Å². The minimum atomic E-state index is -0.444. The van der Waals surface area contributed by atoms with Crippen molar-refractivity contribution in [2.45, 2.75) is 13.0 Å². The Kier molecular flexibility index (Phi) is 1.30. The fraction of sp³-hybridized carbons (Fsp3) is 0.400. The van der Waals surface area contributed by atoms with Crippen LogP contribution in [0.3, 0.4) is 0 Å². The first-order valence-corrected chi connectivity index (χ1v) is 2.33. The van der Waals surface area contributed by atoms with Crippen molar-refractivity contribution in [2.24, 2.45) is 0 Å². The van der Waals surface area contributed by atoms with Crippen LogP contribution in [0.5, 0.6) is 0 Å². The van der Waals surface area contributed by atoms with E-state index < -0.39 is 6.10 Å². The zero-order valence-electron chi connectivity index (χ0n) is 4.46. The average molecular weight is 114 g/mol. The van der Waals surface area contributed by atoms with Gasteiger partial charge in [0.1, 0.15) is 6.26 Å². The summed E-state index contributed by atoms with van der Waals surface area (Å²) in [7, 11) is 0. The lowest BCUT2D eigenvalue weighted by Crippen LogP contribution is -2.20. The van der Waals surface area contributed by atoms with E-state index in [9.17, 15) is 4.79 Å². The van der Waals surface area contributed by atoms with Crippen LogP contribution < -0.4 is 0 Å². The van der Waals surface area contributed by atoms with Crippen LogP contribution in [0.4, 0.5) is 0 Å². The van der Waals surface area contributed by atoms with Gasteiger partial charge in [0.25, 0.3) is 0 Å². The molecule has 3 heteroatoms. The molecule has 0 saturated heterocycles. The minimum absolute atomic E-state index is 0.0590. The van der Waals surface area contributed by atoms with Crippen LogP contribution in [-0.2, 0) is 14.6 Å². The molecule has 0 aliphatic carbocycles. The van der Waals surface area contributed by atoms with Gasteiger partial charge in [0.05, 0.1) is 0 Å². The topological polar surface area (TPSA) is 35.5 Å². The molecule has 1 unspecified atom stereocenters. The molecule has 3 nitrogen and oxygen atoms in total. The van der Waals surface area contributed by atoms with E-state index in [1.807, 2.05) is 0 Å². The highest BCUT2D eigenvalue weighted by molar-refractivity contribution is 5.93. The van der Waals surface area contributed by atoms with Crippen molar-refractivity contribution < 1.29 is 14.6 Å². The minimum Gasteiger partial charge on any atom is -0.345 e. The van der Waals surface area contributed by atoms with Gasteiger partial charge in [0.15, 0.2) is 11.9 Å². The molecular formula is C5H6O3. The summed E-state index contributed by atoms with van der Waals surface area (Å²) in [4.78, 5) is 19.3. The summed E-state index contributed by atoms with van der Waals surface area (Å²) in [6.07, 6.45) is 2.12. The predicted molar refractivity (Wildman–Crippen MR) is 25.8 cm³/mol.